The van der Waals surface area contributed by atoms with Gasteiger partial charge in [0.05, 0.1) is 12.5 Å². The summed E-state index contributed by atoms with van der Waals surface area (Å²) in [5, 5.41) is 3.03. The third kappa shape index (κ3) is 4.49. The van der Waals surface area contributed by atoms with Crippen molar-refractivity contribution in [2.24, 2.45) is 5.73 Å². The fourth-order valence-electron chi connectivity index (χ4n) is 2.16. The van der Waals surface area contributed by atoms with Gasteiger partial charge < -0.3 is 15.8 Å². The summed E-state index contributed by atoms with van der Waals surface area (Å²) in [5.74, 6) is 0.491. The van der Waals surface area contributed by atoms with Crippen molar-refractivity contribution in [1.29, 1.82) is 0 Å². The number of halogens is 1. The van der Waals surface area contributed by atoms with Crippen molar-refractivity contribution in [1.82, 2.24) is 5.32 Å². The molecule has 0 bridgehead atoms. The molecule has 0 aliphatic heterocycles. The van der Waals surface area contributed by atoms with Gasteiger partial charge in [-0.05, 0) is 12.0 Å². The molecule has 0 radical (unpaired) electrons. The van der Waals surface area contributed by atoms with Gasteiger partial charge in [0.2, 0.25) is 5.91 Å². The molecular formula is C14H21ClN2O2. The fraction of sp³-hybridized carbons (Fsp3) is 0.500. The number of methoxy groups -OCH3 is 1. The summed E-state index contributed by atoms with van der Waals surface area (Å²) < 4.78 is 5.10. The van der Waals surface area contributed by atoms with E-state index in [4.69, 9.17) is 10.5 Å². The predicted molar refractivity (Wildman–Crippen MR) is 77.4 cm³/mol. The van der Waals surface area contributed by atoms with E-state index in [1.165, 1.54) is 5.56 Å². The molecule has 0 aromatic heterocycles. The Kier molecular flexibility index (Phi) is 6.28. The molecule has 19 heavy (non-hydrogen) atoms. The van der Waals surface area contributed by atoms with E-state index >= 15 is 0 Å². The molecule has 0 heterocycles. The largest absolute Gasteiger partial charge is 0.380 e. The van der Waals surface area contributed by atoms with Gasteiger partial charge >= 0.3 is 0 Å². The number of nitrogens with one attached hydrogen (secondary N) is 1. The van der Waals surface area contributed by atoms with Crippen molar-refractivity contribution in [3.63, 3.8) is 0 Å². The molecule has 1 amide bonds. The first-order chi connectivity index (χ1) is 8.74. The number of hydrogen-bond acceptors (Lipinski definition) is 3. The highest BCUT2D eigenvalue weighted by Gasteiger charge is 2.39. The molecule has 3 N–H and O–H groups in total. The highest BCUT2D eigenvalue weighted by molar-refractivity contribution is 5.85. The Morgan fingerprint density at radius 2 is 2.16 bits per heavy atom. The standard InChI is InChI=1S/C14H20N2O2.ClH/c1-18-11(9-15)7-14(17)16-13-8-12(13)10-5-3-2-4-6-10;/h2-6,11-13H,7-9,15H2,1H3,(H,16,17);1H. The zero-order valence-electron chi connectivity index (χ0n) is 11.0. The Balaban J connectivity index is 0.00000180. The van der Waals surface area contributed by atoms with Gasteiger partial charge in [0, 0.05) is 25.6 Å². The molecule has 1 aliphatic carbocycles. The Morgan fingerprint density at radius 1 is 1.47 bits per heavy atom. The van der Waals surface area contributed by atoms with Gasteiger partial charge in [-0.25, -0.2) is 0 Å². The van der Waals surface area contributed by atoms with Gasteiger partial charge in [-0.15, -0.1) is 12.4 Å². The topological polar surface area (TPSA) is 64.3 Å². The Hall–Kier alpha value is -1.10. The van der Waals surface area contributed by atoms with Gasteiger partial charge in [-0.3, -0.25) is 4.79 Å². The molecule has 1 aromatic carbocycles. The summed E-state index contributed by atoms with van der Waals surface area (Å²) in [4.78, 5) is 11.8. The molecule has 4 nitrogen and oxygen atoms in total. The molecule has 1 aromatic rings. The lowest BCUT2D eigenvalue weighted by Gasteiger charge is -2.12. The third-order valence-corrected chi connectivity index (χ3v) is 3.37. The van der Waals surface area contributed by atoms with E-state index in [0.29, 0.717) is 18.9 Å². The van der Waals surface area contributed by atoms with Gasteiger partial charge in [0.15, 0.2) is 0 Å². The first-order valence-corrected chi connectivity index (χ1v) is 6.31. The lowest BCUT2D eigenvalue weighted by Crippen LogP contribution is -2.33. The number of amides is 1. The second-order valence-corrected chi connectivity index (χ2v) is 4.72. The van der Waals surface area contributed by atoms with E-state index in [1.54, 1.807) is 7.11 Å². The van der Waals surface area contributed by atoms with Crippen molar-refractivity contribution in [2.45, 2.75) is 30.9 Å². The van der Waals surface area contributed by atoms with E-state index in [9.17, 15) is 4.79 Å². The summed E-state index contributed by atoms with van der Waals surface area (Å²) in [6.07, 6.45) is 1.18. The van der Waals surface area contributed by atoms with Gasteiger partial charge in [-0.1, -0.05) is 30.3 Å². The summed E-state index contributed by atoms with van der Waals surface area (Å²) in [5.41, 5.74) is 6.79. The second kappa shape index (κ2) is 7.48. The Labute approximate surface area is 120 Å². The molecule has 106 valence electrons. The van der Waals surface area contributed by atoms with Crippen LogP contribution < -0.4 is 11.1 Å². The van der Waals surface area contributed by atoms with E-state index in [2.05, 4.69) is 17.4 Å². The SMILES string of the molecule is COC(CN)CC(=O)NC1CC1c1ccccc1.Cl. The Morgan fingerprint density at radius 3 is 2.74 bits per heavy atom. The minimum absolute atomic E-state index is 0. The van der Waals surface area contributed by atoms with Crippen molar-refractivity contribution >= 4 is 18.3 Å². The number of carbonyl (C=O) groups excluding carboxylic acids is 1. The number of carbonyl (C=O) groups is 1. The molecule has 2 rings (SSSR count). The van der Waals surface area contributed by atoms with Gasteiger partial charge in [0.25, 0.3) is 0 Å². The average Bonchev–Trinajstić information content (AvgIpc) is 3.16. The van der Waals surface area contributed by atoms with Crippen LogP contribution in [0.3, 0.4) is 0 Å². The van der Waals surface area contributed by atoms with Crippen LogP contribution in [-0.4, -0.2) is 31.7 Å². The molecule has 1 fully saturated rings. The van der Waals surface area contributed by atoms with Crippen LogP contribution in [-0.2, 0) is 9.53 Å². The molecule has 1 saturated carbocycles. The highest BCUT2D eigenvalue weighted by Crippen LogP contribution is 2.40. The lowest BCUT2D eigenvalue weighted by molar-refractivity contribution is -0.123. The number of nitrogens with two attached hydrogens (primary N) is 1. The summed E-state index contributed by atoms with van der Waals surface area (Å²) in [6, 6.07) is 10.5. The van der Waals surface area contributed by atoms with Crippen LogP contribution in [0.25, 0.3) is 0 Å². The molecule has 0 saturated heterocycles. The normalized spacial score (nSPS) is 22.2. The molecule has 0 spiro atoms. The second-order valence-electron chi connectivity index (χ2n) is 4.72. The maximum absolute atomic E-state index is 11.8. The van der Waals surface area contributed by atoms with Crippen LogP contribution in [0.5, 0.6) is 0 Å². The van der Waals surface area contributed by atoms with E-state index in [0.717, 1.165) is 6.42 Å². The molecule has 5 heteroatoms. The summed E-state index contributed by atoms with van der Waals surface area (Å²) in [6.45, 7) is 0.372. The van der Waals surface area contributed by atoms with E-state index in [-0.39, 0.29) is 30.5 Å². The third-order valence-electron chi connectivity index (χ3n) is 3.37. The minimum atomic E-state index is -0.182. The van der Waals surface area contributed by atoms with E-state index < -0.39 is 0 Å². The fourth-order valence-corrected chi connectivity index (χ4v) is 2.16. The van der Waals surface area contributed by atoms with Crippen molar-refractivity contribution < 1.29 is 9.53 Å². The van der Waals surface area contributed by atoms with Gasteiger partial charge in [0.1, 0.15) is 0 Å². The zero-order chi connectivity index (χ0) is 13.0. The maximum Gasteiger partial charge on any atom is 0.222 e. The molecule has 3 unspecified atom stereocenters. The Bertz CT molecular complexity index is 396. The predicted octanol–water partition coefficient (Wildman–Crippen LogP) is 1.44. The van der Waals surface area contributed by atoms with Crippen molar-refractivity contribution in [3.05, 3.63) is 35.9 Å². The molecular weight excluding hydrogens is 264 g/mol. The summed E-state index contributed by atoms with van der Waals surface area (Å²) in [7, 11) is 1.58. The van der Waals surface area contributed by atoms with Crippen LogP contribution in [0, 0.1) is 0 Å². The monoisotopic (exact) mass is 284 g/mol. The maximum atomic E-state index is 11.8. The number of rotatable bonds is 6. The zero-order valence-corrected chi connectivity index (χ0v) is 11.9. The van der Waals surface area contributed by atoms with E-state index in [1.807, 2.05) is 18.2 Å². The quantitative estimate of drug-likeness (QED) is 0.831. The first-order valence-electron chi connectivity index (χ1n) is 6.31. The average molecular weight is 285 g/mol. The highest BCUT2D eigenvalue weighted by atomic mass is 35.5. The van der Waals surface area contributed by atoms with Crippen LogP contribution in [0.4, 0.5) is 0 Å². The number of hydrogen-bond donors (Lipinski definition) is 2. The smallest absolute Gasteiger partial charge is 0.222 e. The van der Waals surface area contributed by atoms with Crippen molar-refractivity contribution in [2.75, 3.05) is 13.7 Å². The molecule has 1 aliphatic rings. The number of benzene rings is 1. The lowest BCUT2D eigenvalue weighted by atomic mass is 10.1. The minimum Gasteiger partial charge on any atom is -0.380 e. The van der Waals surface area contributed by atoms with Crippen LogP contribution >= 0.6 is 12.4 Å². The van der Waals surface area contributed by atoms with Crippen LogP contribution in [0.15, 0.2) is 30.3 Å². The molecule has 3 atom stereocenters. The van der Waals surface area contributed by atoms with Crippen LogP contribution in [0.1, 0.15) is 24.3 Å². The number of ether oxygens (including phenoxy) is 1. The van der Waals surface area contributed by atoms with Crippen molar-refractivity contribution in [3.8, 4) is 0 Å². The summed E-state index contributed by atoms with van der Waals surface area (Å²) >= 11 is 0. The first kappa shape index (κ1) is 16.0. The van der Waals surface area contributed by atoms with Gasteiger partial charge in [-0.2, -0.15) is 0 Å². The van der Waals surface area contributed by atoms with Crippen LogP contribution in [0.2, 0.25) is 0 Å².